The molecule has 0 saturated carbocycles. The van der Waals surface area contributed by atoms with Crippen molar-refractivity contribution in [2.45, 2.75) is 11.7 Å². The summed E-state index contributed by atoms with van der Waals surface area (Å²) in [5.74, 6) is -1.20. The predicted octanol–water partition coefficient (Wildman–Crippen LogP) is 2.32. The Morgan fingerprint density at radius 1 is 1.58 bits per heavy atom. The minimum Gasteiger partial charge on any atom is -0.326 e. The molecule has 2 rings (SSSR count). The van der Waals surface area contributed by atoms with E-state index in [0.29, 0.717) is 10.0 Å². The van der Waals surface area contributed by atoms with Gasteiger partial charge in [0.2, 0.25) is 11.8 Å². The molecule has 100 valence electrons. The molecule has 0 aliphatic carbocycles. The van der Waals surface area contributed by atoms with E-state index >= 15 is 0 Å². The summed E-state index contributed by atoms with van der Waals surface area (Å²) in [6.07, 6.45) is -0.00830. The fourth-order valence-electron chi connectivity index (χ4n) is 1.48. The molecule has 1 atom stereocenters. The Hall–Kier alpha value is -1.18. The lowest BCUT2D eigenvalue weighted by molar-refractivity contribution is -0.122. The summed E-state index contributed by atoms with van der Waals surface area (Å²) in [6, 6.07) is 3.86. The third-order valence-electron chi connectivity index (χ3n) is 2.34. The van der Waals surface area contributed by atoms with E-state index in [1.807, 2.05) is 0 Å². The topological polar surface area (TPSA) is 58.2 Å². The summed E-state index contributed by atoms with van der Waals surface area (Å²) in [4.78, 5) is 23.1. The monoisotopic (exact) mass is 318 g/mol. The van der Waals surface area contributed by atoms with Crippen molar-refractivity contribution >= 4 is 57.4 Å². The molecule has 8 heteroatoms. The number of anilines is 1. The zero-order valence-corrected chi connectivity index (χ0v) is 11.8. The number of carbonyl (C=O) groups excluding carboxylic acids is 2. The first kappa shape index (κ1) is 14.2. The van der Waals surface area contributed by atoms with Gasteiger partial charge in [0, 0.05) is 12.1 Å². The van der Waals surface area contributed by atoms with E-state index in [2.05, 4.69) is 10.6 Å². The molecule has 19 heavy (non-hydrogen) atoms. The van der Waals surface area contributed by atoms with E-state index in [1.165, 1.54) is 12.1 Å². The Morgan fingerprint density at radius 2 is 2.32 bits per heavy atom. The third-order valence-corrected chi connectivity index (χ3v) is 4.00. The zero-order valence-electron chi connectivity index (χ0n) is 9.41. The molecular formula is C11H8ClFN2O2S2. The molecule has 1 aliphatic heterocycles. The smallest absolute Gasteiger partial charge is 0.239 e. The zero-order chi connectivity index (χ0) is 14.0. The van der Waals surface area contributed by atoms with Crippen LogP contribution in [-0.4, -0.2) is 21.4 Å². The highest BCUT2D eigenvalue weighted by atomic mass is 35.5. The molecule has 0 aromatic heterocycles. The molecule has 1 aromatic rings. The predicted molar refractivity (Wildman–Crippen MR) is 76.8 cm³/mol. The highest BCUT2D eigenvalue weighted by molar-refractivity contribution is 8.24. The summed E-state index contributed by atoms with van der Waals surface area (Å²) in [6.45, 7) is 0. The van der Waals surface area contributed by atoms with Crippen molar-refractivity contribution in [1.29, 1.82) is 0 Å². The van der Waals surface area contributed by atoms with Gasteiger partial charge in [0.15, 0.2) is 0 Å². The van der Waals surface area contributed by atoms with E-state index in [4.69, 9.17) is 23.8 Å². The number of halogens is 2. The number of carbonyl (C=O) groups is 2. The van der Waals surface area contributed by atoms with Crippen LogP contribution in [0.5, 0.6) is 0 Å². The number of hydrogen-bond donors (Lipinski definition) is 2. The average Bonchev–Trinajstić information content (AvgIpc) is 2.62. The fraction of sp³-hybridized carbons (Fsp3) is 0.182. The molecule has 0 spiro atoms. The van der Waals surface area contributed by atoms with Gasteiger partial charge in [-0.05, 0) is 18.2 Å². The molecule has 0 radical (unpaired) electrons. The largest absolute Gasteiger partial charge is 0.326 e. The quantitative estimate of drug-likeness (QED) is 0.840. The van der Waals surface area contributed by atoms with Crippen molar-refractivity contribution in [3.8, 4) is 0 Å². The maximum Gasteiger partial charge on any atom is 0.239 e. The van der Waals surface area contributed by atoms with Crippen molar-refractivity contribution in [3.63, 3.8) is 0 Å². The van der Waals surface area contributed by atoms with Gasteiger partial charge in [0.1, 0.15) is 10.1 Å². The van der Waals surface area contributed by atoms with Crippen molar-refractivity contribution in [2.75, 3.05) is 5.32 Å². The van der Waals surface area contributed by atoms with Crippen LogP contribution in [0, 0.1) is 5.82 Å². The van der Waals surface area contributed by atoms with Gasteiger partial charge in [-0.15, -0.1) is 0 Å². The normalized spacial score (nSPS) is 18.3. The molecule has 1 heterocycles. The number of amides is 2. The third kappa shape index (κ3) is 3.65. The molecule has 0 bridgehead atoms. The van der Waals surface area contributed by atoms with Crippen LogP contribution in [0.2, 0.25) is 5.02 Å². The lowest BCUT2D eigenvalue weighted by atomic mass is 10.2. The van der Waals surface area contributed by atoms with Gasteiger partial charge >= 0.3 is 0 Å². The van der Waals surface area contributed by atoms with Crippen LogP contribution in [0.25, 0.3) is 0 Å². The SMILES string of the molecule is O=C(CC1SC(=S)NC1=O)Nc1ccc(F)c(Cl)c1. The summed E-state index contributed by atoms with van der Waals surface area (Å²) in [5, 5.41) is 4.40. The van der Waals surface area contributed by atoms with Crippen molar-refractivity contribution in [2.24, 2.45) is 0 Å². The average molecular weight is 319 g/mol. The van der Waals surface area contributed by atoms with Crippen LogP contribution in [0.4, 0.5) is 10.1 Å². The Labute approximate surface area is 123 Å². The number of nitrogens with one attached hydrogen (secondary N) is 2. The lowest BCUT2D eigenvalue weighted by Gasteiger charge is -2.08. The van der Waals surface area contributed by atoms with Crippen LogP contribution < -0.4 is 10.6 Å². The molecule has 1 aliphatic rings. The van der Waals surface area contributed by atoms with Crippen LogP contribution in [0.1, 0.15) is 6.42 Å². The highest BCUT2D eigenvalue weighted by Gasteiger charge is 2.30. The number of thiocarbonyl (C=S) groups is 1. The second kappa shape index (κ2) is 5.85. The van der Waals surface area contributed by atoms with E-state index in [1.54, 1.807) is 0 Å². The van der Waals surface area contributed by atoms with Crippen LogP contribution in [-0.2, 0) is 9.59 Å². The first-order chi connectivity index (χ1) is 8.95. The molecule has 1 aromatic carbocycles. The molecular weight excluding hydrogens is 311 g/mol. The summed E-state index contributed by atoms with van der Waals surface area (Å²) in [7, 11) is 0. The van der Waals surface area contributed by atoms with E-state index in [0.717, 1.165) is 17.8 Å². The first-order valence-electron chi connectivity index (χ1n) is 5.22. The standard InChI is InChI=1S/C11H8ClFN2O2S2/c12-6-3-5(1-2-7(6)13)14-9(16)4-8-10(17)15-11(18)19-8/h1-3,8H,4H2,(H,14,16)(H,15,17,18). The molecule has 1 unspecified atom stereocenters. The van der Waals surface area contributed by atoms with E-state index < -0.39 is 11.1 Å². The van der Waals surface area contributed by atoms with Gasteiger partial charge in [0.25, 0.3) is 0 Å². The Kier molecular flexibility index (Phi) is 4.38. The van der Waals surface area contributed by atoms with Crippen molar-refractivity contribution < 1.29 is 14.0 Å². The Bertz CT molecular complexity index is 568. The van der Waals surface area contributed by atoms with Crippen LogP contribution >= 0.6 is 35.6 Å². The number of rotatable bonds is 3. The maximum atomic E-state index is 12.9. The number of thioether (sulfide) groups is 1. The maximum absolute atomic E-state index is 12.9. The Morgan fingerprint density at radius 3 is 2.89 bits per heavy atom. The summed E-state index contributed by atoms with van der Waals surface area (Å²) >= 11 is 11.6. The van der Waals surface area contributed by atoms with Crippen LogP contribution in [0.15, 0.2) is 18.2 Å². The molecule has 2 amide bonds. The van der Waals surface area contributed by atoms with Crippen molar-refractivity contribution in [1.82, 2.24) is 5.32 Å². The van der Waals surface area contributed by atoms with Crippen molar-refractivity contribution in [3.05, 3.63) is 29.0 Å². The Balaban J connectivity index is 1.96. The van der Waals surface area contributed by atoms with Gasteiger partial charge in [-0.25, -0.2) is 4.39 Å². The van der Waals surface area contributed by atoms with E-state index in [9.17, 15) is 14.0 Å². The van der Waals surface area contributed by atoms with Gasteiger partial charge in [0.05, 0.1) is 10.3 Å². The molecule has 1 saturated heterocycles. The lowest BCUT2D eigenvalue weighted by Crippen LogP contribution is -2.27. The van der Waals surface area contributed by atoms with Gasteiger partial charge in [-0.1, -0.05) is 35.6 Å². The number of hydrogen-bond acceptors (Lipinski definition) is 4. The van der Waals surface area contributed by atoms with Gasteiger partial charge < -0.3 is 10.6 Å². The van der Waals surface area contributed by atoms with Crippen LogP contribution in [0.3, 0.4) is 0 Å². The minimum atomic E-state index is -0.559. The molecule has 1 fully saturated rings. The first-order valence-corrected chi connectivity index (χ1v) is 6.88. The van der Waals surface area contributed by atoms with Gasteiger partial charge in [-0.2, -0.15) is 0 Å². The molecule has 4 nitrogen and oxygen atoms in total. The molecule has 2 N–H and O–H groups in total. The van der Waals surface area contributed by atoms with E-state index in [-0.39, 0.29) is 23.3 Å². The number of benzene rings is 1. The second-order valence-corrected chi connectivity index (χ2v) is 6.05. The summed E-state index contributed by atoms with van der Waals surface area (Å²) < 4.78 is 13.3. The minimum absolute atomic E-state index is 0.00830. The highest BCUT2D eigenvalue weighted by Crippen LogP contribution is 2.23. The second-order valence-electron chi connectivity index (χ2n) is 3.76. The summed E-state index contributed by atoms with van der Waals surface area (Å²) in [5.41, 5.74) is 0.377. The van der Waals surface area contributed by atoms with Gasteiger partial charge in [-0.3, -0.25) is 9.59 Å². The fourth-order valence-corrected chi connectivity index (χ4v) is 2.93.